The predicted molar refractivity (Wildman–Crippen MR) is 90.2 cm³/mol. The first-order valence-electron chi connectivity index (χ1n) is 7.80. The molecule has 24 heavy (non-hydrogen) atoms. The number of fused-ring (bicyclic) bond motifs is 1. The van der Waals surface area contributed by atoms with Gasteiger partial charge in [0.05, 0.1) is 6.20 Å². The second kappa shape index (κ2) is 6.31. The fourth-order valence-electron chi connectivity index (χ4n) is 2.73. The van der Waals surface area contributed by atoms with Crippen LogP contribution in [0, 0.1) is 6.92 Å². The van der Waals surface area contributed by atoms with E-state index >= 15 is 0 Å². The van der Waals surface area contributed by atoms with E-state index in [0.717, 1.165) is 22.9 Å². The van der Waals surface area contributed by atoms with Crippen LogP contribution in [0.5, 0.6) is 0 Å². The van der Waals surface area contributed by atoms with Crippen molar-refractivity contribution in [1.29, 1.82) is 0 Å². The maximum absolute atomic E-state index is 12.4. The molecule has 0 atom stereocenters. The standard InChI is InChI=1S/C18H19N3O3/c1-4-12-6-5-7-13-15(8-19-17(12)13)16(22)10-24-18(23)14-9-20-21(3)11(14)2/h5-9,19H,4,10H2,1-3H3. The summed E-state index contributed by atoms with van der Waals surface area (Å²) in [5.74, 6) is -0.771. The Bertz CT molecular complexity index is 921. The van der Waals surface area contributed by atoms with Gasteiger partial charge in [0.1, 0.15) is 5.56 Å². The summed E-state index contributed by atoms with van der Waals surface area (Å²) >= 11 is 0. The van der Waals surface area contributed by atoms with Crippen molar-refractivity contribution < 1.29 is 14.3 Å². The van der Waals surface area contributed by atoms with Crippen LogP contribution < -0.4 is 0 Å². The fourth-order valence-corrected chi connectivity index (χ4v) is 2.73. The topological polar surface area (TPSA) is 77.0 Å². The van der Waals surface area contributed by atoms with Crippen molar-refractivity contribution in [3.8, 4) is 0 Å². The summed E-state index contributed by atoms with van der Waals surface area (Å²) in [5, 5.41) is 4.85. The molecule has 0 aliphatic heterocycles. The van der Waals surface area contributed by atoms with E-state index in [2.05, 4.69) is 17.0 Å². The highest BCUT2D eigenvalue weighted by Crippen LogP contribution is 2.22. The normalized spacial score (nSPS) is 11.0. The molecule has 1 N–H and O–H groups in total. The third-order valence-electron chi connectivity index (χ3n) is 4.27. The number of benzene rings is 1. The Morgan fingerprint density at radius 3 is 2.75 bits per heavy atom. The van der Waals surface area contributed by atoms with E-state index in [1.165, 1.54) is 6.20 Å². The predicted octanol–water partition coefficient (Wildman–Crippen LogP) is 2.81. The van der Waals surface area contributed by atoms with Gasteiger partial charge >= 0.3 is 5.97 Å². The Balaban J connectivity index is 1.76. The lowest BCUT2D eigenvalue weighted by molar-refractivity contribution is 0.0474. The molecule has 0 radical (unpaired) electrons. The van der Waals surface area contributed by atoms with Gasteiger partial charge in [-0.3, -0.25) is 9.48 Å². The highest BCUT2D eigenvalue weighted by Gasteiger charge is 2.18. The Kier molecular flexibility index (Phi) is 4.20. The smallest absolute Gasteiger partial charge is 0.342 e. The van der Waals surface area contributed by atoms with Crippen molar-refractivity contribution >= 4 is 22.7 Å². The largest absolute Gasteiger partial charge is 0.454 e. The third-order valence-corrected chi connectivity index (χ3v) is 4.27. The molecule has 0 amide bonds. The van der Waals surface area contributed by atoms with E-state index < -0.39 is 5.97 Å². The van der Waals surface area contributed by atoms with Gasteiger partial charge in [0, 0.05) is 35.4 Å². The lowest BCUT2D eigenvalue weighted by Gasteiger charge is -2.04. The summed E-state index contributed by atoms with van der Waals surface area (Å²) in [4.78, 5) is 27.7. The monoisotopic (exact) mass is 325 g/mol. The molecule has 0 bridgehead atoms. The molecule has 0 fully saturated rings. The van der Waals surface area contributed by atoms with Gasteiger partial charge in [0.15, 0.2) is 6.61 Å². The number of aromatic amines is 1. The van der Waals surface area contributed by atoms with Gasteiger partial charge in [-0.05, 0) is 18.9 Å². The molecule has 3 rings (SSSR count). The molecule has 0 saturated heterocycles. The second-order valence-corrected chi connectivity index (χ2v) is 5.66. The SMILES string of the molecule is CCc1cccc2c(C(=O)COC(=O)c3cnn(C)c3C)c[nH]c12. The average molecular weight is 325 g/mol. The minimum absolute atomic E-state index is 0.232. The molecule has 124 valence electrons. The number of H-pyrrole nitrogens is 1. The van der Waals surface area contributed by atoms with Gasteiger partial charge in [-0.25, -0.2) is 4.79 Å². The summed E-state index contributed by atoms with van der Waals surface area (Å²) in [7, 11) is 1.74. The van der Waals surface area contributed by atoms with Crippen LogP contribution in [0.15, 0.2) is 30.6 Å². The molecule has 2 aromatic heterocycles. The summed E-state index contributed by atoms with van der Waals surface area (Å²) in [6.45, 7) is 3.54. The van der Waals surface area contributed by atoms with Crippen LogP contribution in [0.2, 0.25) is 0 Å². The molecule has 2 heterocycles. The number of hydrogen-bond donors (Lipinski definition) is 1. The number of ketones is 1. The molecule has 0 saturated carbocycles. The van der Waals surface area contributed by atoms with Crippen LogP contribution in [0.3, 0.4) is 0 Å². The highest BCUT2D eigenvalue weighted by atomic mass is 16.5. The van der Waals surface area contributed by atoms with E-state index in [9.17, 15) is 9.59 Å². The number of nitrogens with zero attached hydrogens (tertiary/aromatic N) is 2. The van der Waals surface area contributed by atoms with Gasteiger partial charge in [0.25, 0.3) is 0 Å². The molecule has 1 aromatic carbocycles. The van der Waals surface area contributed by atoms with Crippen molar-refractivity contribution in [2.24, 2.45) is 7.05 Å². The van der Waals surface area contributed by atoms with E-state index in [0.29, 0.717) is 16.8 Å². The zero-order valence-electron chi connectivity index (χ0n) is 13.9. The first-order chi connectivity index (χ1) is 11.5. The van der Waals surface area contributed by atoms with Crippen molar-refractivity contribution in [2.75, 3.05) is 6.61 Å². The van der Waals surface area contributed by atoms with Gasteiger partial charge in [0.2, 0.25) is 5.78 Å². The average Bonchev–Trinajstić information content (AvgIpc) is 3.16. The van der Waals surface area contributed by atoms with E-state index in [1.54, 1.807) is 24.9 Å². The van der Waals surface area contributed by atoms with Gasteiger partial charge in [-0.1, -0.05) is 25.1 Å². The molecule has 0 spiro atoms. The van der Waals surface area contributed by atoms with Crippen molar-refractivity contribution in [3.63, 3.8) is 0 Å². The molecule has 0 unspecified atom stereocenters. The molecule has 6 nitrogen and oxygen atoms in total. The number of carbonyl (C=O) groups is 2. The molecular formula is C18H19N3O3. The zero-order chi connectivity index (χ0) is 17.3. The number of Topliss-reactive ketones (excluding diaryl/α,β-unsaturated/α-hetero) is 1. The number of hydrogen-bond acceptors (Lipinski definition) is 4. The van der Waals surface area contributed by atoms with Crippen LogP contribution in [0.25, 0.3) is 10.9 Å². The fraction of sp³-hybridized carbons (Fsp3) is 0.278. The van der Waals surface area contributed by atoms with E-state index in [4.69, 9.17) is 4.74 Å². The number of ether oxygens (including phenoxy) is 1. The lowest BCUT2D eigenvalue weighted by atomic mass is 10.1. The second-order valence-electron chi connectivity index (χ2n) is 5.66. The minimum atomic E-state index is -0.539. The van der Waals surface area contributed by atoms with E-state index in [-0.39, 0.29) is 12.4 Å². The summed E-state index contributed by atoms with van der Waals surface area (Å²) in [6.07, 6.45) is 4.00. The molecule has 3 aromatic rings. The Morgan fingerprint density at radius 2 is 2.08 bits per heavy atom. The number of aryl methyl sites for hydroxylation is 2. The molecule has 0 aliphatic carbocycles. The van der Waals surface area contributed by atoms with Crippen LogP contribution in [-0.2, 0) is 18.2 Å². The van der Waals surface area contributed by atoms with Crippen LogP contribution >= 0.6 is 0 Å². The van der Waals surface area contributed by atoms with Crippen LogP contribution in [0.4, 0.5) is 0 Å². The maximum atomic E-state index is 12.4. The zero-order valence-corrected chi connectivity index (χ0v) is 13.9. The van der Waals surface area contributed by atoms with Gasteiger partial charge in [-0.2, -0.15) is 5.10 Å². The Morgan fingerprint density at radius 1 is 1.29 bits per heavy atom. The third kappa shape index (κ3) is 2.71. The highest BCUT2D eigenvalue weighted by molar-refractivity contribution is 6.09. The summed E-state index contributed by atoms with van der Waals surface area (Å²) in [6, 6.07) is 5.85. The number of aromatic nitrogens is 3. The van der Waals surface area contributed by atoms with Gasteiger partial charge < -0.3 is 9.72 Å². The molecular weight excluding hydrogens is 306 g/mol. The first kappa shape index (κ1) is 16.0. The van der Waals surface area contributed by atoms with Crippen LogP contribution in [0.1, 0.15) is 38.9 Å². The van der Waals surface area contributed by atoms with Crippen LogP contribution in [-0.4, -0.2) is 33.1 Å². The molecule has 6 heteroatoms. The first-order valence-corrected chi connectivity index (χ1v) is 7.80. The Labute approximate surface area is 139 Å². The summed E-state index contributed by atoms with van der Waals surface area (Å²) < 4.78 is 6.75. The lowest BCUT2D eigenvalue weighted by Crippen LogP contribution is -2.14. The number of para-hydroxylation sites is 1. The van der Waals surface area contributed by atoms with Crippen molar-refractivity contribution in [3.05, 3.63) is 53.0 Å². The van der Waals surface area contributed by atoms with Crippen molar-refractivity contribution in [2.45, 2.75) is 20.3 Å². The quantitative estimate of drug-likeness (QED) is 0.578. The number of carbonyl (C=O) groups excluding carboxylic acids is 2. The number of rotatable bonds is 5. The molecule has 0 aliphatic rings. The summed E-state index contributed by atoms with van der Waals surface area (Å²) in [5.41, 5.74) is 3.72. The van der Waals surface area contributed by atoms with E-state index in [1.807, 2.05) is 18.2 Å². The number of nitrogens with one attached hydrogen (secondary N) is 1. The van der Waals surface area contributed by atoms with Crippen molar-refractivity contribution in [1.82, 2.24) is 14.8 Å². The van der Waals surface area contributed by atoms with Gasteiger partial charge in [-0.15, -0.1) is 0 Å². The Hall–Kier alpha value is -2.89. The minimum Gasteiger partial charge on any atom is -0.454 e. The maximum Gasteiger partial charge on any atom is 0.342 e. The number of esters is 1.